The standard InChI is InChI=1S/C24H28N4O2/c1-17(26-23(29)12-6-14-27-15-7-13-24(27)30)21-16-25-28(18(21)2)22-11-5-9-19-8-3-4-10-20(19)22/h3-5,8-11,16-17H,6-7,12-15H2,1-2H3,(H,26,29). The van der Waals surface area contributed by atoms with Crippen molar-refractivity contribution in [3.63, 3.8) is 0 Å². The molecular weight excluding hydrogens is 376 g/mol. The van der Waals surface area contributed by atoms with Crippen LogP contribution < -0.4 is 5.32 Å². The highest BCUT2D eigenvalue weighted by atomic mass is 16.2. The third-order valence-electron chi connectivity index (χ3n) is 5.89. The van der Waals surface area contributed by atoms with E-state index in [-0.39, 0.29) is 17.9 Å². The molecule has 0 saturated carbocycles. The molecule has 3 aromatic rings. The predicted octanol–water partition coefficient (Wildman–Crippen LogP) is 3.91. The molecule has 1 unspecified atom stereocenters. The van der Waals surface area contributed by atoms with Gasteiger partial charge >= 0.3 is 0 Å². The summed E-state index contributed by atoms with van der Waals surface area (Å²) in [7, 11) is 0. The Bertz CT molecular complexity index is 1070. The molecule has 0 aliphatic carbocycles. The summed E-state index contributed by atoms with van der Waals surface area (Å²) in [6.07, 6.45) is 4.53. The minimum absolute atomic E-state index is 0.00598. The molecule has 1 fully saturated rings. The van der Waals surface area contributed by atoms with Gasteiger partial charge in [0.1, 0.15) is 0 Å². The van der Waals surface area contributed by atoms with Gasteiger partial charge in [0.25, 0.3) is 0 Å². The summed E-state index contributed by atoms with van der Waals surface area (Å²) in [5, 5.41) is 10.0. The minimum Gasteiger partial charge on any atom is -0.349 e. The Balaban J connectivity index is 1.41. The van der Waals surface area contributed by atoms with Crippen LogP contribution in [-0.2, 0) is 9.59 Å². The van der Waals surface area contributed by atoms with Crippen molar-refractivity contribution in [3.05, 3.63) is 59.9 Å². The van der Waals surface area contributed by atoms with E-state index in [9.17, 15) is 9.59 Å². The molecular formula is C24H28N4O2. The molecule has 2 aromatic carbocycles. The fourth-order valence-electron chi connectivity index (χ4n) is 4.25. The van der Waals surface area contributed by atoms with E-state index in [4.69, 9.17) is 0 Å². The van der Waals surface area contributed by atoms with Crippen LogP contribution in [0.3, 0.4) is 0 Å². The molecule has 2 heterocycles. The van der Waals surface area contributed by atoms with Gasteiger partial charge in [-0.3, -0.25) is 9.59 Å². The van der Waals surface area contributed by atoms with Crippen LogP contribution in [0.25, 0.3) is 16.5 Å². The van der Waals surface area contributed by atoms with Crippen molar-refractivity contribution in [3.8, 4) is 5.69 Å². The van der Waals surface area contributed by atoms with E-state index < -0.39 is 0 Å². The Morgan fingerprint density at radius 1 is 1.20 bits per heavy atom. The number of nitrogens with zero attached hydrogens (tertiary/aromatic N) is 3. The Morgan fingerprint density at radius 2 is 2.00 bits per heavy atom. The molecule has 2 amide bonds. The quantitative estimate of drug-likeness (QED) is 0.649. The van der Waals surface area contributed by atoms with Crippen molar-refractivity contribution >= 4 is 22.6 Å². The van der Waals surface area contributed by atoms with Gasteiger partial charge in [-0.25, -0.2) is 4.68 Å². The number of carbonyl (C=O) groups excluding carboxylic acids is 2. The summed E-state index contributed by atoms with van der Waals surface area (Å²) in [5.41, 5.74) is 3.05. The van der Waals surface area contributed by atoms with Crippen molar-refractivity contribution in [1.29, 1.82) is 0 Å². The molecule has 1 atom stereocenters. The molecule has 4 rings (SSSR count). The van der Waals surface area contributed by atoms with E-state index in [1.54, 1.807) is 0 Å². The van der Waals surface area contributed by atoms with Crippen molar-refractivity contribution < 1.29 is 9.59 Å². The Hall–Kier alpha value is -3.15. The SMILES string of the molecule is Cc1c(C(C)NC(=O)CCCN2CCCC2=O)cnn1-c1cccc2ccccc12. The third kappa shape index (κ3) is 4.08. The first-order valence-electron chi connectivity index (χ1n) is 10.6. The number of carbonyl (C=O) groups is 2. The van der Waals surface area contributed by atoms with Crippen LogP contribution in [0.5, 0.6) is 0 Å². The van der Waals surface area contributed by atoms with Crippen LogP contribution in [0.4, 0.5) is 0 Å². The summed E-state index contributed by atoms with van der Waals surface area (Å²) < 4.78 is 1.94. The lowest BCUT2D eigenvalue weighted by atomic mass is 10.1. The van der Waals surface area contributed by atoms with Gasteiger partial charge in [-0.2, -0.15) is 5.10 Å². The molecule has 0 radical (unpaired) electrons. The lowest BCUT2D eigenvalue weighted by Gasteiger charge is -2.17. The van der Waals surface area contributed by atoms with Crippen LogP contribution in [0.15, 0.2) is 48.7 Å². The first-order chi connectivity index (χ1) is 14.5. The maximum absolute atomic E-state index is 12.4. The van der Waals surface area contributed by atoms with Crippen LogP contribution in [0.1, 0.15) is 49.9 Å². The Morgan fingerprint density at radius 3 is 2.80 bits per heavy atom. The molecule has 6 heteroatoms. The number of likely N-dealkylation sites (tertiary alicyclic amines) is 1. The zero-order valence-corrected chi connectivity index (χ0v) is 17.6. The van der Waals surface area contributed by atoms with E-state index in [0.29, 0.717) is 25.8 Å². The van der Waals surface area contributed by atoms with Crippen molar-refractivity contribution in [2.24, 2.45) is 0 Å². The second kappa shape index (κ2) is 8.69. The van der Waals surface area contributed by atoms with Gasteiger partial charge in [-0.05, 0) is 38.1 Å². The minimum atomic E-state index is -0.130. The summed E-state index contributed by atoms with van der Waals surface area (Å²) in [6.45, 7) is 5.51. The molecule has 6 nitrogen and oxygen atoms in total. The third-order valence-corrected chi connectivity index (χ3v) is 5.89. The summed E-state index contributed by atoms with van der Waals surface area (Å²) in [5.74, 6) is 0.215. The Kier molecular flexibility index (Phi) is 5.84. The fourth-order valence-corrected chi connectivity index (χ4v) is 4.25. The topological polar surface area (TPSA) is 67.2 Å². The largest absolute Gasteiger partial charge is 0.349 e. The summed E-state index contributed by atoms with van der Waals surface area (Å²) in [4.78, 5) is 25.9. The lowest BCUT2D eigenvalue weighted by molar-refractivity contribution is -0.128. The molecule has 0 spiro atoms. The molecule has 1 aliphatic rings. The molecule has 1 saturated heterocycles. The number of fused-ring (bicyclic) bond motifs is 1. The van der Waals surface area contributed by atoms with Gasteiger partial charge in [-0.1, -0.05) is 36.4 Å². The van der Waals surface area contributed by atoms with Gasteiger partial charge in [0, 0.05) is 42.6 Å². The Labute approximate surface area is 176 Å². The van der Waals surface area contributed by atoms with Crippen LogP contribution >= 0.6 is 0 Å². The van der Waals surface area contributed by atoms with Crippen LogP contribution in [-0.4, -0.2) is 39.6 Å². The number of rotatable bonds is 7. The maximum Gasteiger partial charge on any atom is 0.222 e. The first kappa shape index (κ1) is 20.1. The van der Waals surface area contributed by atoms with Crippen LogP contribution in [0.2, 0.25) is 0 Å². The molecule has 1 aromatic heterocycles. The number of hydrogen-bond acceptors (Lipinski definition) is 3. The fraction of sp³-hybridized carbons (Fsp3) is 0.375. The average Bonchev–Trinajstić information content (AvgIpc) is 3.33. The highest BCUT2D eigenvalue weighted by Crippen LogP contribution is 2.26. The predicted molar refractivity (Wildman–Crippen MR) is 117 cm³/mol. The number of amides is 2. The van der Waals surface area contributed by atoms with E-state index in [1.807, 2.05) is 47.8 Å². The second-order valence-corrected chi connectivity index (χ2v) is 7.97. The zero-order chi connectivity index (χ0) is 21.1. The van der Waals surface area contributed by atoms with Crippen molar-refractivity contribution in [1.82, 2.24) is 20.0 Å². The zero-order valence-electron chi connectivity index (χ0n) is 17.6. The van der Waals surface area contributed by atoms with Gasteiger partial charge in [0.05, 0.1) is 17.9 Å². The van der Waals surface area contributed by atoms with Gasteiger partial charge in [0.15, 0.2) is 0 Å². The highest BCUT2D eigenvalue weighted by Gasteiger charge is 2.20. The molecule has 0 bridgehead atoms. The summed E-state index contributed by atoms with van der Waals surface area (Å²) in [6, 6.07) is 14.3. The molecule has 1 N–H and O–H groups in total. The number of nitrogens with one attached hydrogen (secondary N) is 1. The highest BCUT2D eigenvalue weighted by molar-refractivity contribution is 5.90. The summed E-state index contributed by atoms with van der Waals surface area (Å²) >= 11 is 0. The molecule has 30 heavy (non-hydrogen) atoms. The van der Waals surface area contributed by atoms with Crippen LogP contribution in [0, 0.1) is 6.92 Å². The second-order valence-electron chi connectivity index (χ2n) is 7.97. The lowest BCUT2D eigenvalue weighted by Crippen LogP contribution is -2.29. The first-order valence-corrected chi connectivity index (χ1v) is 10.6. The van der Waals surface area contributed by atoms with Gasteiger partial charge < -0.3 is 10.2 Å². The number of benzene rings is 2. The van der Waals surface area contributed by atoms with Crippen molar-refractivity contribution in [2.45, 2.75) is 45.6 Å². The molecule has 156 valence electrons. The number of hydrogen-bond donors (Lipinski definition) is 1. The smallest absolute Gasteiger partial charge is 0.222 e. The monoisotopic (exact) mass is 404 g/mol. The van der Waals surface area contributed by atoms with Gasteiger partial charge in [-0.15, -0.1) is 0 Å². The van der Waals surface area contributed by atoms with Gasteiger partial charge in [0.2, 0.25) is 11.8 Å². The molecule has 1 aliphatic heterocycles. The van der Waals surface area contributed by atoms with E-state index in [2.05, 4.69) is 34.7 Å². The normalized spacial score (nSPS) is 15.0. The average molecular weight is 405 g/mol. The number of aromatic nitrogens is 2. The van der Waals surface area contributed by atoms with Crippen molar-refractivity contribution in [2.75, 3.05) is 13.1 Å². The maximum atomic E-state index is 12.4. The van der Waals surface area contributed by atoms with E-state index in [1.165, 1.54) is 5.39 Å². The van der Waals surface area contributed by atoms with E-state index >= 15 is 0 Å². The van der Waals surface area contributed by atoms with E-state index in [0.717, 1.165) is 35.3 Å².